The zero-order valence-corrected chi connectivity index (χ0v) is 15.7. The van der Waals surface area contributed by atoms with Crippen molar-refractivity contribution in [3.8, 4) is 0 Å². The maximum absolute atomic E-state index is 9.65. The summed E-state index contributed by atoms with van der Waals surface area (Å²) in [5, 5.41) is 13.0. The molecule has 0 spiro atoms. The maximum Gasteiger partial charge on any atom is 0.194 e. The van der Waals surface area contributed by atoms with Gasteiger partial charge in [0.2, 0.25) is 0 Å². The van der Waals surface area contributed by atoms with Crippen molar-refractivity contribution in [1.29, 1.82) is 0 Å². The number of anilines is 1. The van der Waals surface area contributed by atoms with E-state index in [0.29, 0.717) is 6.54 Å². The smallest absolute Gasteiger partial charge is 0.194 e. The average Bonchev–Trinajstić information content (AvgIpc) is 2.93. The normalized spacial score (nSPS) is 18.0. The third kappa shape index (κ3) is 5.64. The van der Waals surface area contributed by atoms with Crippen LogP contribution in [0.4, 0.5) is 5.69 Å². The lowest BCUT2D eigenvalue weighted by molar-refractivity contribution is 0.188. The third-order valence-electron chi connectivity index (χ3n) is 3.69. The summed E-state index contributed by atoms with van der Waals surface area (Å²) in [4.78, 5) is 9.01. The van der Waals surface area contributed by atoms with E-state index in [4.69, 9.17) is 0 Å². The van der Waals surface area contributed by atoms with Gasteiger partial charge in [0.15, 0.2) is 5.96 Å². The first-order valence-corrected chi connectivity index (χ1v) is 7.68. The van der Waals surface area contributed by atoms with Crippen LogP contribution in [-0.2, 0) is 0 Å². The number of guanidine groups is 1. The van der Waals surface area contributed by atoms with Gasteiger partial charge in [0.1, 0.15) is 0 Å². The Kier molecular flexibility index (Phi) is 8.55. The molecular weight excluding hydrogens is 391 g/mol. The Balaban J connectivity index is 0.00000242. The van der Waals surface area contributed by atoms with E-state index >= 15 is 0 Å². The van der Waals surface area contributed by atoms with Crippen molar-refractivity contribution in [3.63, 3.8) is 0 Å². The van der Waals surface area contributed by atoms with Gasteiger partial charge in [-0.25, -0.2) is 0 Å². The van der Waals surface area contributed by atoms with Gasteiger partial charge < -0.3 is 20.2 Å². The Labute approximate surface area is 150 Å². The third-order valence-corrected chi connectivity index (χ3v) is 3.69. The highest BCUT2D eigenvalue weighted by Crippen LogP contribution is 2.11. The van der Waals surface area contributed by atoms with Gasteiger partial charge in [0.05, 0.1) is 12.6 Å². The maximum atomic E-state index is 9.65. The van der Waals surface area contributed by atoms with Gasteiger partial charge in [0.25, 0.3) is 0 Å². The molecule has 1 saturated heterocycles. The van der Waals surface area contributed by atoms with Gasteiger partial charge in [-0.3, -0.25) is 4.99 Å². The van der Waals surface area contributed by atoms with E-state index in [-0.39, 0.29) is 30.1 Å². The Bertz CT molecular complexity index is 455. The number of benzene rings is 1. The molecule has 1 aliphatic heterocycles. The van der Waals surface area contributed by atoms with Crippen LogP contribution >= 0.6 is 24.0 Å². The predicted molar refractivity (Wildman–Crippen MR) is 103 cm³/mol. The summed E-state index contributed by atoms with van der Waals surface area (Å²) in [6.07, 6.45) is 0.606. The van der Waals surface area contributed by atoms with Crippen LogP contribution in [0.3, 0.4) is 0 Å². The minimum Gasteiger partial charge on any atom is -0.391 e. The molecule has 0 saturated carbocycles. The number of likely N-dealkylation sites (tertiary alicyclic amines) is 1. The van der Waals surface area contributed by atoms with E-state index in [1.807, 2.05) is 18.2 Å². The molecule has 6 heteroatoms. The fourth-order valence-corrected chi connectivity index (χ4v) is 2.48. The number of likely N-dealkylation sites (N-methyl/N-ethyl adjacent to an activating group) is 1. The second kappa shape index (κ2) is 9.89. The molecule has 0 aromatic heterocycles. The lowest BCUT2D eigenvalue weighted by atomic mass is 10.3. The number of rotatable bonds is 5. The number of aliphatic hydroxyl groups excluding tert-OH is 1. The van der Waals surface area contributed by atoms with Gasteiger partial charge >= 0.3 is 0 Å². The van der Waals surface area contributed by atoms with E-state index < -0.39 is 0 Å². The standard InChI is InChI=1S/C16H26N4O.HI/c1-3-17-16(20-11-9-15(21)13-20)18-10-12-19(2)14-7-5-4-6-8-14;/h4-8,15,21H,3,9-13H2,1-2H3,(H,17,18);1H/t15-;/m1./s1. The highest BCUT2D eigenvalue weighted by molar-refractivity contribution is 14.0. The monoisotopic (exact) mass is 418 g/mol. The van der Waals surface area contributed by atoms with Crippen LogP contribution in [0.1, 0.15) is 13.3 Å². The summed E-state index contributed by atoms with van der Waals surface area (Å²) in [7, 11) is 2.08. The van der Waals surface area contributed by atoms with Crippen LogP contribution in [0.15, 0.2) is 35.3 Å². The molecule has 22 heavy (non-hydrogen) atoms. The van der Waals surface area contributed by atoms with E-state index in [9.17, 15) is 5.11 Å². The topological polar surface area (TPSA) is 51.1 Å². The van der Waals surface area contributed by atoms with Crippen LogP contribution in [-0.4, -0.2) is 61.8 Å². The Morgan fingerprint density at radius 1 is 1.41 bits per heavy atom. The molecule has 1 aromatic rings. The Morgan fingerprint density at radius 2 is 2.14 bits per heavy atom. The van der Waals surface area contributed by atoms with E-state index in [2.05, 4.69) is 46.2 Å². The zero-order valence-electron chi connectivity index (χ0n) is 13.4. The number of nitrogens with one attached hydrogen (secondary N) is 1. The minimum absolute atomic E-state index is 0. The molecule has 0 radical (unpaired) electrons. The van der Waals surface area contributed by atoms with Gasteiger partial charge in [-0.05, 0) is 25.5 Å². The number of aliphatic hydroxyl groups is 1. The van der Waals surface area contributed by atoms with Gasteiger partial charge in [0, 0.05) is 38.9 Å². The first-order valence-electron chi connectivity index (χ1n) is 7.68. The molecule has 0 unspecified atom stereocenters. The fourth-order valence-electron chi connectivity index (χ4n) is 2.48. The number of nitrogens with zero attached hydrogens (tertiary/aromatic N) is 3. The number of para-hydroxylation sites is 1. The molecule has 2 N–H and O–H groups in total. The van der Waals surface area contributed by atoms with Gasteiger partial charge in [-0.2, -0.15) is 0 Å². The first kappa shape index (κ1) is 19.0. The van der Waals surface area contributed by atoms with Crippen LogP contribution in [0.25, 0.3) is 0 Å². The van der Waals surface area contributed by atoms with E-state index in [1.54, 1.807) is 0 Å². The molecule has 5 nitrogen and oxygen atoms in total. The Morgan fingerprint density at radius 3 is 2.73 bits per heavy atom. The van der Waals surface area contributed by atoms with Gasteiger partial charge in [-0.1, -0.05) is 18.2 Å². The number of hydrogen-bond donors (Lipinski definition) is 2. The lowest BCUT2D eigenvalue weighted by Gasteiger charge is -2.22. The SMILES string of the molecule is CCNC(=NCCN(C)c1ccccc1)N1CC[C@@H](O)C1.I. The van der Waals surface area contributed by atoms with Crippen LogP contribution in [0, 0.1) is 0 Å². The molecule has 0 bridgehead atoms. The Hall–Kier alpha value is -1.02. The number of β-amino-alcohol motifs (C(OH)–C–C–N with tert-alkyl or cyclic N) is 1. The molecular formula is C16H27IN4O. The number of aliphatic imine (C=N–C) groups is 1. The average molecular weight is 418 g/mol. The highest BCUT2D eigenvalue weighted by Gasteiger charge is 2.22. The van der Waals surface area contributed by atoms with Crippen molar-refractivity contribution in [1.82, 2.24) is 10.2 Å². The summed E-state index contributed by atoms with van der Waals surface area (Å²) in [5.74, 6) is 0.913. The van der Waals surface area contributed by atoms with Gasteiger partial charge in [-0.15, -0.1) is 24.0 Å². The molecule has 1 atom stereocenters. The molecule has 1 fully saturated rings. The minimum atomic E-state index is -0.221. The second-order valence-electron chi connectivity index (χ2n) is 5.38. The van der Waals surface area contributed by atoms with Crippen molar-refractivity contribution >= 4 is 35.6 Å². The highest BCUT2D eigenvalue weighted by atomic mass is 127. The summed E-state index contributed by atoms with van der Waals surface area (Å²) in [6.45, 7) is 6.08. The lowest BCUT2D eigenvalue weighted by Crippen LogP contribution is -2.41. The molecule has 1 aromatic carbocycles. The van der Waals surface area contributed by atoms with E-state index in [1.165, 1.54) is 5.69 Å². The second-order valence-corrected chi connectivity index (χ2v) is 5.38. The number of halogens is 1. The largest absolute Gasteiger partial charge is 0.391 e. The van der Waals surface area contributed by atoms with Crippen molar-refractivity contribution in [2.75, 3.05) is 44.7 Å². The molecule has 2 rings (SSSR count). The van der Waals surface area contributed by atoms with Crippen molar-refractivity contribution in [3.05, 3.63) is 30.3 Å². The molecule has 1 heterocycles. The van der Waals surface area contributed by atoms with Crippen LogP contribution in [0.5, 0.6) is 0 Å². The van der Waals surface area contributed by atoms with Crippen molar-refractivity contribution < 1.29 is 5.11 Å². The summed E-state index contributed by atoms with van der Waals surface area (Å²) < 4.78 is 0. The van der Waals surface area contributed by atoms with E-state index in [0.717, 1.165) is 38.6 Å². The first-order chi connectivity index (χ1) is 10.2. The molecule has 0 aliphatic carbocycles. The fraction of sp³-hybridized carbons (Fsp3) is 0.562. The number of hydrogen-bond acceptors (Lipinski definition) is 3. The molecule has 1 aliphatic rings. The summed E-state index contributed by atoms with van der Waals surface area (Å²) in [5.41, 5.74) is 1.20. The molecule has 124 valence electrons. The van der Waals surface area contributed by atoms with Crippen molar-refractivity contribution in [2.45, 2.75) is 19.4 Å². The molecule has 0 amide bonds. The summed E-state index contributed by atoms with van der Waals surface area (Å²) in [6, 6.07) is 10.3. The van der Waals surface area contributed by atoms with Crippen molar-refractivity contribution in [2.24, 2.45) is 4.99 Å². The summed E-state index contributed by atoms with van der Waals surface area (Å²) >= 11 is 0. The zero-order chi connectivity index (χ0) is 15.1. The quantitative estimate of drug-likeness (QED) is 0.435. The van der Waals surface area contributed by atoms with Crippen LogP contribution in [0.2, 0.25) is 0 Å². The predicted octanol–water partition coefficient (Wildman–Crippen LogP) is 1.77. The van der Waals surface area contributed by atoms with Crippen LogP contribution < -0.4 is 10.2 Å².